The first-order valence-corrected chi connectivity index (χ1v) is 11.4. The Morgan fingerprint density at radius 2 is 1.84 bits per heavy atom. The average molecular weight is 455 g/mol. The minimum atomic E-state index is -0.375. The van der Waals surface area contributed by atoms with E-state index in [-0.39, 0.29) is 30.8 Å². The summed E-state index contributed by atoms with van der Waals surface area (Å²) in [5.74, 6) is 1.46. The van der Waals surface area contributed by atoms with Crippen molar-refractivity contribution in [1.82, 2.24) is 15.1 Å². The highest BCUT2D eigenvalue weighted by Gasteiger charge is 2.25. The van der Waals surface area contributed by atoms with E-state index in [1.807, 2.05) is 30.3 Å². The topological polar surface area (TPSA) is 85.2 Å². The van der Waals surface area contributed by atoms with Gasteiger partial charge in [0.1, 0.15) is 23.9 Å². The number of hydrogen-bond acceptors (Lipinski definition) is 5. The summed E-state index contributed by atoms with van der Waals surface area (Å²) in [6.45, 7) is 0.301. The second-order valence-electron chi connectivity index (χ2n) is 7.30. The zero-order valence-corrected chi connectivity index (χ0v) is 18.2. The predicted molar refractivity (Wildman–Crippen MR) is 121 cm³/mol. The molecule has 0 radical (unpaired) electrons. The fourth-order valence-corrected chi connectivity index (χ4v) is 4.39. The highest BCUT2D eigenvalue weighted by atomic mass is 32.2. The van der Waals surface area contributed by atoms with Gasteiger partial charge < -0.3 is 15.4 Å². The zero-order valence-electron chi connectivity index (χ0n) is 17.3. The number of anilines is 1. The molecule has 0 atom stereocenters. The number of amides is 2. The number of carbonyl (C=O) groups is 2. The van der Waals surface area contributed by atoms with Gasteiger partial charge in [-0.2, -0.15) is 16.9 Å². The molecule has 1 aliphatic heterocycles. The van der Waals surface area contributed by atoms with E-state index in [4.69, 9.17) is 4.74 Å². The van der Waals surface area contributed by atoms with Crippen molar-refractivity contribution in [1.29, 1.82) is 0 Å². The monoisotopic (exact) mass is 454 g/mol. The smallest absolute Gasteiger partial charge is 0.263 e. The standard InChI is InChI=1S/C23H23FN4O3S/c24-17-6-8-18(9-7-17)31-13-22(30)26-23-19-14-32-15-20(19)27-28(23)12-21(29)25-11-10-16-4-2-1-3-5-16/h1-9H,10-15H2,(H,25,29)(H,26,30). The van der Waals surface area contributed by atoms with Crippen LogP contribution in [0.5, 0.6) is 5.75 Å². The van der Waals surface area contributed by atoms with E-state index in [1.54, 1.807) is 11.8 Å². The summed E-state index contributed by atoms with van der Waals surface area (Å²) in [4.78, 5) is 24.9. The summed E-state index contributed by atoms with van der Waals surface area (Å²) < 4.78 is 20.0. The van der Waals surface area contributed by atoms with Crippen LogP contribution in [0.15, 0.2) is 54.6 Å². The molecular weight excluding hydrogens is 431 g/mol. The van der Waals surface area contributed by atoms with Crippen molar-refractivity contribution in [2.45, 2.75) is 24.5 Å². The molecule has 0 bridgehead atoms. The number of nitrogens with zero attached hydrogens (tertiary/aromatic N) is 2. The Balaban J connectivity index is 1.34. The van der Waals surface area contributed by atoms with Crippen LogP contribution in [0.2, 0.25) is 0 Å². The minimum Gasteiger partial charge on any atom is -0.484 e. The Morgan fingerprint density at radius 3 is 2.62 bits per heavy atom. The van der Waals surface area contributed by atoms with Gasteiger partial charge in [0.2, 0.25) is 5.91 Å². The van der Waals surface area contributed by atoms with Crippen molar-refractivity contribution >= 4 is 29.4 Å². The molecule has 2 amide bonds. The van der Waals surface area contributed by atoms with Gasteiger partial charge in [-0.15, -0.1) is 0 Å². The summed E-state index contributed by atoms with van der Waals surface area (Å²) in [6, 6.07) is 15.4. The largest absolute Gasteiger partial charge is 0.484 e. The van der Waals surface area contributed by atoms with Crippen molar-refractivity contribution in [2.75, 3.05) is 18.5 Å². The first-order valence-electron chi connectivity index (χ1n) is 10.2. The molecule has 2 N–H and O–H groups in total. The van der Waals surface area contributed by atoms with E-state index in [2.05, 4.69) is 15.7 Å². The number of ether oxygens (including phenoxy) is 1. The molecule has 7 nitrogen and oxygen atoms in total. The third kappa shape index (κ3) is 5.67. The quantitative estimate of drug-likeness (QED) is 0.519. The van der Waals surface area contributed by atoms with Gasteiger partial charge >= 0.3 is 0 Å². The van der Waals surface area contributed by atoms with E-state index in [9.17, 15) is 14.0 Å². The fraction of sp³-hybridized carbons (Fsp3) is 0.261. The van der Waals surface area contributed by atoms with E-state index in [0.717, 1.165) is 34.7 Å². The minimum absolute atomic E-state index is 0.0148. The number of nitrogens with one attached hydrogen (secondary N) is 2. The van der Waals surface area contributed by atoms with E-state index >= 15 is 0 Å². The lowest BCUT2D eigenvalue weighted by Crippen LogP contribution is -2.31. The molecular formula is C23H23FN4O3S. The van der Waals surface area contributed by atoms with E-state index < -0.39 is 0 Å². The van der Waals surface area contributed by atoms with Gasteiger partial charge in [0.25, 0.3) is 5.91 Å². The fourth-order valence-electron chi connectivity index (χ4n) is 3.35. The second kappa shape index (κ2) is 10.3. The highest BCUT2D eigenvalue weighted by Crippen LogP contribution is 2.34. The number of fused-ring (bicyclic) bond motifs is 1. The van der Waals surface area contributed by atoms with Crippen molar-refractivity contribution in [3.63, 3.8) is 0 Å². The molecule has 0 fully saturated rings. The van der Waals surface area contributed by atoms with Crippen molar-refractivity contribution in [3.8, 4) is 5.75 Å². The SMILES string of the molecule is O=C(Cn1nc2c(c1NC(=O)COc1ccc(F)cc1)CSC2)NCCc1ccccc1. The number of thioether (sulfide) groups is 1. The van der Waals surface area contributed by atoms with Crippen LogP contribution in [0.25, 0.3) is 0 Å². The third-order valence-corrected chi connectivity index (χ3v) is 5.90. The van der Waals surface area contributed by atoms with Crippen LogP contribution < -0.4 is 15.4 Å². The average Bonchev–Trinajstić information content (AvgIpc) is 3.37. The summed E-state index contributed by atoms with van der Waals surface area (Å²) in [5.41, 5.74) is 2.96. The Bertz CT molecular complexity index is 1090. The summed E-state index contributed by atoms with van der Waals surface area (Å²) in [5, 5.41) is 10.2. The summed E-state index contributed by atoms with van der Waals surface area (Å²) >= 11 is 1.71. The maximum Gasteiger partial charge on any atom is 0.263 e. The first kappa shape index (κ1) is 21.9. The molecule has 166 valence electrons. The number of rotatable bonds is 9. The molecule has 1 aromatic heterocycles. The number of benzene rings is 2. The van der Waals surface area contributed by atoms with Gasteiger partial charge in [0.15, 0.2) is 6.61 Å². The zero-order chi connectivity index (χ0) is 22.3. The second-order valence-corrected chi connectivity index (χ2v) is 8.29. The van der Waals surface area contributed by atoms with E-state index in [0.29, 0.717) is 18.1 Å². The third-order valence-electron chi connectivity index (χ3n) is 4.93. The van der Waals surface area contributed by atoms with Crippen LogP contribution in [0.1, 0.15) is 16.8 Å². The molecule has 0 saturated carbocycles. The van der Waals surface area contributed by atoms with Crippen LogP contribution in [-0.4, -0.2) is 34.7 Å². The molecule has 0 unspecified atom stereocenters. The summed E-state index contributed by atoms with van der Waals surface area (Å²) in [7, 11) is 0. The van der Waals surface area contributed by atoms with Gasteiger partial charge in [-0.1, -0.05) is 30.3 Å². The molecule has 2 heterocycles. The Labute approximate surface area is 189 Å². The Kier molecular flexibility index (Phi) is 7.06. The molecule has 0 saturated heterocycles. The molecule has 0 aliphatic carbocycles. The van der Waals surface area contributed by atoms with Crippen LogP contribution in [0.4, 0.5) is 10.2 Å². The molecule has 1 aliphatic rings. The van der Waals surface area contributed by atoms with Gasteiger partial charge in [0, 0.05) is 23.6 Å². The number of aromatic nitrogens is 2. The lowest BCUT2D eigenvalue weighted by molar-refractivity contribution is -0.122. The van der Waals surface area contributed by atoms with Crippen LogP contribution in [-0.2, 0) is 34.1 Å². The highest BCUT2D eigenvalue weighted by molar-refractivity contribution is 7.98. The van der Waals surface area contributed by atoms with Gasteiger partial charge in [0.05, 0.1) is 5.69 Å². The van der Waals surface area contributed by atoms with Crippen LogP contribution in [0, 0.1) is 5.82 Å². The molecule has 9 heteroatoms. The first-order chi connectivity index (χ1) is 15.6. The summed E-state index contributed by atoms with van der Waals surface area (Å²) in [6.07, 6.45) is 0.739. The number of carbonyl (C=O) groups excluding carboxylic acids is 2. The van der Waals surface area contributed by atoms with Crippen molar-refractivity contribution in [3.05, 3.63) is 77.2 Å². The molecule has 3 aromatic rings. The Morgan fingerprint density at radius 1 is 1.06 bits per heavy atom. The van der Waals surface area contributed by atoms with Gasteiger partial charge in [-0.05, 0) is 36.2 Å². The van der Waals surface area contributed by atoms with Gasteiger partial charge in [-0.25, -0.2) is 9.07 Å². The van der Waals surface area contributed by atoms with Crippen molar-refractivity contribution < 1.29 is 18.7 Å². The molecule has 4 rings (SSSR count). The molecule has 2 aromatic carbocycles. The Hall–Kier alpha value is -3.33. The van der Waals surface area contributed by atoms with E-state index in [1.165, 1.54) is 28.9 Å². The van der Waals surface area contributed by atoms with Gasteiger partial charge in [-0.3, -0.25) is 9.59 Å². The molecule has 0 spiro atoms. The lowest BCUT2D eigenvalue weighted by atomic mass is 10.1. The normalized spacial score (nSPS) is 12.3. The number of halogens is 1. The lowest BCUT2D eigenvalue weighted by Gasteiger charge is -2.12. The predicted octanol–water partition coefficient (Wildman–Crippen LogP) is 3.15. The van der Waals surface area contributed by atoms with Crippen LogP contribution in [0.3, 0.4) is 0 Å². The van der Waals surface area contributed by atoms with Crippen LogP contribution >= 0.6 is 11.8 Å². The maximum absolute atomic E-state index is 13.0. The molecule has 32 heavy (non-hydrogen) atoms. The van der Waals surface area contributed by atoms with Crippen molar-refractivity contribution in [2.24, 2.45) is 0 Å². The maximum atomic E-state index is 13.0. The number of hydrogen-bond donors (Lipinski definition) is 2.